The van der Waals surface area contributed by atoms with Crippen LogP contribution in [0.2, 0.25) is 0 Å². The average Bonchev–Trinajstić information content (AvgIpc) is 3.58. The third kappa shape index (κ3) is 10.5. The lowest BCUT2D eigenvalue weighted by Crippen LogP contribution is -2.32. The van der Waals surface area contributed by atoms with E-state index in [4.69, 9.17) is 28.9 Å². The third-order valence-corrected chi connectivity index (χ3v) is 8.46. The van der Waals surface area contributed by atoms with Gasteiger partial charge in [-0.3, -0.25) is 24.0 Å². The number of hydrogen-bond acceptors (Lipinski definition) is 11. The summed E-state index contributed by atoms with van der Waals surface area (Å²) in [6.45, 7) is 6.80. The molecule has 50 heavy (non-hydrogen) atoms. The van der Waals surface area contributed by atoms with Gasteiger partial charge in [0.1, 0.15) is 25.6 Å². The molecule has 1 heterocycles. The normalized spacial score (nSPS) is 15.3. The van der Waals surface area contributed by atoms with E-state index in [0.29, 0.717) is 68.2 Å². The second-order valence-electron chi connectivity index (χ2n) is 12.2. The van der Waals surface area contributed by atoms with Crippen LogP contribution in [0.1, 0.15) is 84.8 Å². The largest absolute Gasteiger partial charge is 0.533 e. The summed E-state index contributed by atoms with van der Waals surface area (Å²) in [6.07, 6.45) is 1.44. The van der Waals surface area contributed by atoms with Gasteiger partial charge in [-0.25, -0.2) is 4.79 Å². The SMILES string of the molecule is C=C(COC)OCCNC(=O)CCCc1ccc2c(c1)C(COC(=O)ON1C(=O)CCC1=O)c1cccc(C(=O)CCCOC(C)CCO)c1-2. The van der Waals surface area contributed by atoms with Crippen LogP contribution in [-0.2, 0) is 44.6 Å². The molecule has 3 amide bonds. The number of carbonyl (C=O) groups excluding carboxylic acids is 5. The number of methoxy groups -OCH3 is 1. The minimum absolute atomic E-state index is 0.0345. The zero-order valence-corrected chi connectivity index (χ0v) is 28.7. The molecule has 2 aromatic carbocycles. The molecular weight excluding hydrogens is 648 g/mol. The van der Waals surface area contributed by atoms with Crippen molar-refractivity contribution >= 4 is 29.7 Å². The highest BCUT2D eigenvalue weighted by Gasteiger charge is 2.36. The number of hydrogen-bond donors (Lipinski definition) is 2. The summed E-state index contributed by atoms with van der Waals surface area (Å²) < 4.78 is 21.5. The van der Waals surface area contributed by atoms with Crippen LogP contribution in [0.5, 0.6) is 0 Å². The standard InChI is InChI=1S/C37H46N2O11/c1-24(16-18-40)47-19-6-10-32(41)29-9-5-8-27-31(23-49-37(45)50-39-34(43)14-15-35(39)44)30-21-26(12-13-28(30)36(27)29)7-4-11-33(42)38-17-20-48-25(2)22-46-3/h5,8-9,12-13,21,24,31,40H,2,4,6-7,10-11,14-20,22-23H2,1,3H3,(H,38,42). The first-order valence-electron chi connectivity index (χ1n) is 16.9. The Morgan fingerprint density at radius 2 is 1.80 bits per heavy atom. The van der Waals surface area contributed by atoms with E-state index >= 15 is 0 Å². The van der Waals surface area contributed by atoms with E-state index in [2.05, 4.69) is 11.9 Å². The Kier molecular flexibility index (Phi) is 14.5. The molecule has 13 nitrogen and oxygen atoms in total. The predicted octanol–water partition coefficient (Wildman–Crippen LogP) is 4.38. The topological polar surface area (TPSA) is 167 Å². The van der Waals surface area contributed by atoms with E-state index in [9.17, 15) is 24.0 Å². The van der Waals surface area contributed by atoms with Gasteiger partial charge in [-0.1, -0.05) is 48.0 Å². The van der Waals surface area contributed by atoms with Gasteiger partial charge in [0.05, 0.1) is 12.6 Å². The zero-order chi connectivity index (χ0) is 36.0. The fourth-order valence-electron chi connectivity index (χ4n) is 5.98. The van der Waals surface area contributed by atoms with E-state index in [0.717, 1.165) is 27.8 Å². The van der Waals surface area contributed by atoms with Crippen LogP contribution in [0.15, 0.2) is 48.7 Å². The van der Waals surface area contributed by atoms with Crippen molar-refractivity contribution in [3.05, 3.63) is 71.0 Å². The van der Waals surface area contributed by atoms with Gasteiger partial charge in [0, 0.05) is 57.5 Å². The Bertz CT molecular complexity index is 1540. The van der Waals surface area contributed by atoms with E-state index in [1.807, 2.05) is 31.2 Å². The Labute approximate surface area is 291 Å². The summed E-state index contributed by atoms with van der Waals surface area (Å²) in [4.78, 5) is 67.3. The van der Waals surface area contributed by atoms with E-state index in [-0.39, 0.29) is 56.9 Å². The summed E-state index contributed by atoms with van der Waals surface area (Å²) in [7, 11) is 1.55. The highest BCUT2D eigenvalue weighted by atomic mass is 16.8. The number of carbonyl (C=O) groups is 5. The number of Topliss-reactive ketones (excluding diaryl/α,β-unsaturated/α-hetero) is 1. The molecule has 1 aliphatic carbocycles. The van der Waals surface area contributed by atoms with Crippen LogP contribution in [0.3, 0.4) is 0 Å². The number of aryl methyl sites for hydroxylation is 1. The molecule has 2 unspecified atom stereocenters. The zero-order valence-electron chi connectivity index (χ0n) is 28.7. The number of amides is 3. The van der Waals surface area contributed by atoms with Gasteiger partial charge in [0.2, 0.25) is 5.91 Å². The number of rotatable bonds is 21. The first-order chi connectivity index (χ1) is 24.1. The lowest BCUT2D eigenvalue weighted by molar-refractivity contribution is -0.177. The monoisotopic (exact) mass is 694 g/mol. The van der Waals surface area contributed by atoms with Crippen molar-refractivity contribution in [2.24, 2.45) is 0 Å². The van der Waals surface area contributed by atoms with Gasteiger partial charge in [-0.05, 0) is 60.4 Å². The van der Waals surface area contributed by atoms with Crippen molar-refractivity contribution in [1.82, 2.24) is 10.4 Å². The Balaban J connectivity index is 1.45. The number of ether oxygens (including phenoxy) is 4. The molecule has 2 aliphatic rings. The molecule has 0 saturated carbocycles. The summed E-state index contributed by atoms with van der Waals surface area (Å²) in [5, 5.41) is 12.4. The number of fused-ring (bicyclic) bond motifs is 3. The quantitative estimate of drug-likeness (QED) is 0.0626. The fraction of sp³-hybridized carbons (Fsp3) is 0.486. The van der Waals surface area contributed by atoms with Crippen molar-refractivity contribution < 1.29 is 52.9 Å². The van der Waals surface area contributed by atoms with Gasteiger partial charge in [-0.2, -0.15) is 0 Å². The van der Waals surface area contributed by atoms with Gasteiger partial charge in [0.25, 0.3) is 11.8 Å². The summed E-state index contributed by atoms with van der Waals surface area (Å²) in [5.41, 5.74) is 4.75. The number of aliphatic hydroxyl groups excluding tert-OH is 1. The first kappa shape index (κ1) is 38.2. The molecule has 0 bridgehead atoms. The van der Waals surface area contributed by atoms with Crippen molar-refractivity contribution in [1.29, 1.82) is 0 Å². The summed E-state index contributed by atoms with van der Waals surface area (Å²) >= 11 is 0. The molecule has 0 radical (unpaired) electrons. The second-order valence-corrected chi connectivity index (χ2v) is 12.2. The Hall–Kier alpha value is -4.59. The van der Waals surface area contributed by atoms with Crippen LogP contribution in [0, 0.1) is 0 Å². The molecule has 13 heteroatoms. The second kappa shape index (κ2) is 19.0. The number of hydroxylamine groups is 2. The van der Waals surface area contributed by atoms with Crippen LogP contribution in [0.4, 0.5) is 4.79 Å². The maximum atomic E-state index is 13.5. The molecule has 270 valence electrons. The summed E-state index contributed by atoms with van der Waals surface area (Å²) in [6, 6.07) is 11.4. The third-order valence-electron chi connectivity index (χ3n) is 8.46. The average molecular weight is 695 g/mol. The molecular formula is C37H46N2O11. The van der Waals surface area contributed by atoms with Gasteiger partial charge < -0.3 is 29.4 Å². The lowest BCUT2D eigenvalue weighted by atomic mass is 9.93. The fourth-order valence-corrected chi connectivity index (χ4v) is 5.98. The molecule has 1 saturated heterocycles. The van der Waals surface area contributed by atoms with Crippen molar-refractivity contribution in [3.63, 3.8) is 0 Å². The molecule has 2 aromatic rings. The van der Waals surface area contributed by atoms with Crippen molar-refractivity contribution in [3.8, 4) is 11.1 Å². The molecule has 0 spiro atoms. The Morgan fingerprint density at radius 3 is 2.54 bits per heavy atom. The van der Waals surface area contributed by atoms with Gasteiger partial charge in [-0.15, -0.1) is 0 Å². The lowest BCUT2D eigenvalue weighted by Gasteiger charge is -2.17. The molecule has 1 fully saturated rings. The number of ketones is 1. The van der Waals surface area contributed by atoms with Gasteiger partial charge in [0.15, 0.2) is 5.78 Å². The molecule has 1 aliphatic heterocycles. The predicted molar refractivity (Wildman–Crippen MR) is 181 cm³/mol. The number of imide groups is 1. The molecule has 4 rings (SSSR count). The highest BCUT2D eigenvalue weighted by molar-refractivity contribution is 6.05. The minimum atomic E-state index is -1.18. The van der Waals surface area contributed by atoms with E-state index < -0.39 is 23.9 Å². The highest BCUT2D eigenvalue weighted by Crippen LogP contribution is 2.47. The number of aliphatic hydroxyl groups is 1. The molecule has 2 N–H and O–H groups in total. The minimum Gasteiger partial charge on any atom is -0.494 e. The number of benzene rings is 2. The van der Waals surface area contributed by atoms with Gasteiger partial charge >= 0.3 is 6.16 Å². The van der Waals surface area contributed by atoms with E-state index in [1.165, 1.54) is 0 Å². The Morgan fingerprint density at radius 1 is 1.02 bits per heavy atom. The first-order valence-corrected chi connectivity index (χ1v) is 16.9. The maximum absolute atomic E-state index is 13.5. The van der Waals surface area contributed by atoms with Crippen molar-refractivity contribution in [2.75, 3.05) is 46.7 Å². The number of nitrogens with zero attached hydrogens (tertiary/aromatic N) is 1. The van der Waals surface area contributed by atoms with Crippen LogP contribution < -0.4 is 5.32 Å². The molecule has 2 atom stereocenters. The smallest absolute Gasteiger partial charge is 0.494 e. The van der Waals surface area contributed by atoms with Crippen molar-refractivity contribution in [2.45, 2.75) is 70.3 Å². The summed E-state index contributed by atoms with van der Waals surface area (Å²) in [5.74, 6) is -1.34. The van der Waals surface area contributed by atoms with Crippen LogP contribution in [-0.4, -0.2) is 92.6 Å². The molecule has 0 aromatic heterocycles. The van der Waals surface area contributed by atoms with E-state index in [1.54, 1.807) is 19.2 Å². The number of nitrogens with one attached hydrogen (secondary N) is 1. The maximum Gasteiger partial charge on any atom is 0.533 e. The van der Waals surface area contributed by atoms with Crippen LogP contribution in [0.25, 0.3) is 11.1 Å². The van der Waals surface area contributed by atoms with Crippen LogP contribution >= 0.6 is 0 Å².